The second-order valence-electron chi connectivity index (χ2n) is 5.69. The van der Waals surface area contributed by atoms with Gasteiger partial charge in [-0.1, -0.05) is 11.8 Å². The number of amidine groups is 1. The average Bonchev–Trinajstić information content (AvgIpc) is 2.94. The third-order valence-corrected chi connectivity index (χ3v) is 5.72. The third kappa shape index (κ3) is 4.79. The SMILES string of the molecule is NS(=O)(=O)c1ccc(N=C2NC(=O)[C@H](CC(=O)c3ccc(F)cc3)S2)cc1. The third-order valence-electron chi connectivity index (χ3n) is 3.71. The summed E-state index contributed by atoms with van der Waals surface area (Å²) >= 11 is 1.10. The summed E-state index contributed by atoms with van der Waals surface area (Å²) in [4.78, 5) is 28.5. The fraction of sp³-hybridized carbons (Fsp3) is 0.118. The molecule has 10 heteroatoms. The number of Topliss-reactive ketones (excluding diaryl/α,β-unsaturated/α-hetero) is 1. The van der Waals surface area contributed by atoms with Crippen LogP contribution in [0.5, 0.6) is 0 Å². The number of nitrogens with two attached hydrogens (primary N) is 1. The van der Waals surface area contributed by atoms with Crippen molar-refractivity contribution in [1.29, 1.82) is 0 Å². The lowest BCUT2D eigenvalue weighted by Crippen LogP contribution is -2.26. The lowest BCUT2D eigenvalue weighted by molar-refractivity contribution is -0.118. The quantitative estimate of drug-likeness (QED) is 0.735. The standard InChI is InChI=1S/C17H14FN3O4S2/c18-11-3-1-10(2-4-11)14(22)9-15-16(23)21-17(26-15)20-12-5-7-13(8-6-12)27(19,24)25/h1-8,15H,9H2,(H2,19,24,25)(H,20,21,23)/t15-/m0/s1. The number of rotatable bonds is 5. The van der Waals surface area contributed by atoms with Gasteiger partial charge < -0.3 is 5.32 Å². The van der Waals surface area contributed by atoms with Crippen molar-refractivity contribution in [3.63, 3.8) is 0 Å². The van der Waals surface area contributed by atoms with Crippen LogP contribution in [0.2, 0.25) is 0 Å². The number of carbonyl (C=O) groups is 2. The summed E-state index contributed by atoms with van der Waals surface area (Å²) < 4.78 is 35.4. The highest BCUT2D eigenvalue weighted by Gasteiger charge is 2.32. The van der Waals surface area contributed by atoms with Gasteiger partial charge in [-0.3, -0.25) is 9.59 Å². The molecule has 1 saturated heterocycles. The van der Waals surface area contributed by atoms with Crippen LogP contribution >= 0.6 is 11.8 Å². The molecular weight excluding hydrogens is 393 g/mol. The van der Waals surface area contributed by atoms with Gasteiger partial charge in [0.15, 0.2) is 11.0 Å². The largest absolute Gasteiger partial charge is 0.304 e. The van der Waals surface area contributed by atoms with E-state index in [0.717, 1.165) is 11.8 Å². The summed E-state index contributed by atoms with van der Waals surface area (Å²) in [5.74, 6) is -1.07. The fourth-order valence-corrected chi connectivity index (χ4v) is 3.85. The van der Waals surface area contributed by atoms with Crippen molar-refractivity contribution >= 4 is 44.3 Å². The zero-order valence-corrected chi connectivity index (χ0v) is 15.4. The van der Waals surface area contributed by atoms with Gasteiger partial charge in [0.2, 0.25) is 15.9 Å². The minimum atomic E-state index is -3.79. The number of benzene rings is 2. The van der Waals surface area contributed by atoms with Gasteiger partial charge in [0, 0.05) is 12.0 Å². The van der Waals surface area contributed by atoms with Crippen molar-refractivity contribution in [2.45, 2.75) is 16.6 Å². The van der Waals surface area contributed by atoms with E-state index in [1.807, 2.05) is 0 Å². The highest BCUT2D eigenvalue weighted by Crippen LogP contribution is 2.26. The molecule has 2 aromatic carbocycles. The number of ketones is 1. The van der Waals surface area contributed by atoms with Gasteiger partial charge >= 0.3 is 0 Å². The lowest BCUT2D eigenvalue weighted by atomic mass is 10.1. The highest BCUT2D eigenvalue weighted by atomic mass is 32.2. The van der Waals surface area contributed by atoms with Crippen LogP contribution in [0.25, 0.3) is 0 Å². The number of sulfonamides is 1. The first-order valence-electron chi connectivity index (χ1n) is 7.70. The van der Waals surface area contributed by atoms with Gasteiger partial charge in [0.25, 0.3) is 0 Å². The van der Waals surface area contributed by atoms with Gasteiger partial charge in [0.1, 0.15) is 5.82 Å². The minimum absolute atomic E-state index is 0.0441. The van der Waals surface area contributed by atoms with Crippen LogP contribution in [0.1, 0.15) is 16.8 Å². The van der Waals surface area contributed by atoms with Crippen LogP contribution in [0, 0.1) is 5.82 Å². The monoisotopic (exact) mass is 407 g/mol. The van der Waals surface area contributed by atoms with Crippen LogP contribution in [-0.2, 0) is 14.8 Å². The summed E-state index contributed by atoms with van der Waals surface area (Å²) in [7, 11) is -3.79. The summed E-state index contributed by atoms with van der Waals surface area (Å²) in [6.45, 7) is 0. The number of hydrogen-bond donors (Lipinski definition) is 2. The molecule has 27 heavy (non-hydrogen) atoms. The highest BCUT2D eigenvalue weighted by molar-refractivity contribution is 8.15. The number of nitrogens with zero attached hydrogens (tertiary/aromatic N) is 1. The van der Waals surface area contributed by atoms with Crippen LogP contribution in [0.15, 0.2) is 58.4 Å². The number of primary sulfonamides is 1. The summed E-state index contributed by atoms with van der Waals surface area (Å²) in [6, 6.07) is 10.7. The van der Waals surface area contributed by atoms with E-state index < -0.39 is 21.1 Å². The van der Waals surface area contributed by atoms with Gasteiger partial charge in [0.05, 0.1) is 15.8 Å². The maximum atomic E-state index is 12.9. The first-order valence-corrected chi connectivity index (χ1v) is 10.1. The maximum absolute atomic E-state index is 12.9. The van der Waals surface area contributed by atoms with E-state index in [1.165, 1.54) is 48.5 Å². The Balaban J connectivity index is 1.68. The van der Waals surface area contributed by atoms with E-state index in [1.54, 1.807) is 0 Å². The van der Waals surface area contributed by atoms with Crippen molar-refractivity contribution in [2.24, 2.45) is 10.1 Å². The van der Waals surface area contributed by atoms with Gasteiger partial charge in [-0.25, -0.2) is 22.9 Å². The average molecular weight is 407 g/mol. The zero-order chi connectivity index (χ0) is 19.6. The maximum Gasteiger partial charge on any atom is 0.240 e. The summed E-state index contributed by atoms with van der Waals surface area (Å²) in [5.41, 5.74) is 0.754. The van der Waals surface area contributed by atoms with Gasteiger partial charge in [-0.05, 0) is 48.5 Å². The molecule has 0 saturated carbocycles. The Bertz CT molecular complexity index is 1020. The molecule has 0 aromatic heterocycles. The Labute approximate surface area is 158 Å². The number of aliphatic imine (C=N–C) groups is 1. The second kappa shape index (κ2) is 7.59. The number of carbonyl (C=O) groups excluding carboxylic acids is 2. The van der Waals surface area contributed by atoms with Crippen LogP contribution in [-0.4, -0.2) is 30.5 Å². The molecule has 0 bridgehead atoms. The van der Waals surface area contributed by atoms with E-state index in [4.69, 9.17) is 5.14 Å². The first-order chi connectivity index (χ1) is 12.7. The van der Waals surface area contributed by atoms with E-state index in [2.05, 4.69) is 10.3 Å². The molecular formula is C17H14FN3O4S2. The summed E-state index contributed by atoms with van der Waals surface area (Å²) in [6.07, 6.45) is -0.0501. The molecule has 0 radical (unpaired) electrons. The lowest BCUT2D eigenvalue weighted by Gasteiger charge is -2.04. The molecule has 1 aliphatic rings. The predicted octanol–water partition coefficient (Wildman–Crippen LogP) is 1.97. The molecule has 140 valence electrons. The van der Waals surface area contributed by atoms with Crippen molar-refractivity contribution in [3.8, 4) is 0 Å². The Morgan fingerprint density at radius 2 is 1.78 bits per heavy atom. The molecule has 2 aromatic rings. The Kier molecular flexibility index (Phi) is 5.40. The fourth-order valence-electron chi connectivity index (χ4n) is 2.34. The van der Waals surface area contributed by atoms with E-state index in [-0.39, 0.29) is 23.0 Å². The molecule has 0 unspecified atom stereocenters. The van der Waals surface area contributed by atoms with Crippen molar-refractivity contribution < 1.29 is 22.4 Å². The Morgan fingerprint density at radius 1 is 1.15 bits per heavy atom. The van der Waals surface area contributed by atoms with Gasteiger partial charge in [-0.15, -0.1) is 0 Å². The molecule has 0 aliphatic carbocycles. The first kappa shape index (κ1) is 19.2. The normalized spacial score (nSPS) is 18.5. The zero-order valence-electron chi connectivity index (χ0n) is 13.8. The van der Waals surface area contributed by atoms with Gasteiger partial charge in [-0.2, -0.15) is 0 Å². The minimum Gasteiger partial charge on any atom is -0.304 e. The molecule has 0 spiro atoms. The molecule has 1 amide bonds. The van der Waals surface area contributed by atoms with Crippen LogP contribution in [0.3, 0.4) is 0 Å². The Morgan fingerprint density at radius 3 is 2.37 bits per heavy atom. The van der Waals surface area contributed by atoms with Crippen molar-refractivity contribution in [2.75, 3.05) is 0 Å². The topological polar surface area (TPSA) is 119 Å². The number of halogens is 1. The van der Waals surface area contributed by atoms with Crippen molar-refractivity contribution in [1.82, 2.24) is 5.32 Å². The number of thioether (sulfide) groups is 1. The van der Waals surface area contributed by atoms with E-state index in [9.17, 15) is 22.4 Å². The second-order valence-corrected chi connectivity index (χ2v) is 8.44. The smallest absolute Gasteiger partial charge is 0.240 e. The summed E-state index contributed by atoms with van der Waals surface area (Å²) in [5, 5.41) is 7.27. The molecule has 1 aliphatic heterocycles. The van der Waals surface area contributed by atoms with Crippen LogP contribution < -0.4 is 10.5 Å². The van der Waals surface area contributed by atoms with Crippen LogP contribution in [0.4, 0.5) is 10.1 Å². The molecule has 1 atom stereocenters. The molecule has 3 N–H and O–H groups in total. The Hall–Kier alpha value is -2.56. The molecule has 7 nitrogen and oxygen atoms in total. The van der Waals surface area contributed by atoms with E-state index >= 15 is 0 Å². The predicted molar refractivity (Wildman–Crippen MR) is 99.8 cm³/mol. The number of hydrogen-bond acceptors (Lipinski definition) is 6. The number of amides is 1. The number of nitrogens with one attached hydrogen (secondary N) is 1. The molecule has 3 rings (SSSR count). The molecule has 1 fully saturated rings. The molecule has 1 heterocycles. The van der Waals surface area contributed by atoms with Crippen molar-refractivity contribution in [3.05, 3.63) is 59.9 Å². The van der Waals surface area contributed by atoms with E-state index in [0.29, 0.717) is 16.4 Å².